The topological polar surface area (TPSA) is 76.2 Å². The fraction of sp³-hybridized carbons (Fsp3) is 0.286. The van der Waals surface area contributed by atoms with Gasteiger partial charge in [-0.15, -0.1) is 10.2 Å². The van der Waals surface area contributed by atoms with Crippen LogP contribution in [0.4, 0.5) is 5.69 Å². The molecule has 0 unspecified atom stereocenters. The molecule has 0 bridgehead atoms. The fourth-order valence-corrected chi connectivity index (χ4v) is 2.92. The van der Waals surface area contributed by atoms with Crippen LogP contribution in [-0.4, -0.2) is 22.2 Å². The molecule has 0 saturated heterocycles. The molecule has 0 atom stereocenters. The number of carbonyl (C=O) groups excluding carboxylic acids is 1. The van der Waals surface area contributed by atoms with Gasteiger partial charge in [-0.2, -0.15) is 0 Å². The highest BCUT2D eigenvalue weighted by Crippen LogP contribution is 2.39. The van der Waals surface area contributed by atoms with E-state index in [0.29, 0.717) is 28.9 Å². The summed E-state index contributed by atoms with van der Waals surface area (Å²) in [5, 5.41) is 19.7. The Balaban J connectivity index is 1.76. The van der Waals surface area contributed by atoms with Crippen LogP contribution in [-0.2, 0) is 11.3 Å². The number of carbonyl (C=O) groups is 1. The third kappa shape index (κ3) is 4.70. The van der Waals surface area contributed by atoms with Gasteiger partial charge >= 0.3 is 5.91 Å². The van der Waals surface area contributed by atoms with Crippen LogP contribution in [0.5, 0.6) is 11.6 Å². The second kappa shape index (κ2) is 8.89. The molecule has 7 heteroatoms. The minimum atomic E-state index is -0.548. The van der Waals surface area contributed by atoms with E-state index in [0.717, 1.165) is 17.3 Å². The van der Waals surface area contributed by atoms with Crippen molar-refractivity contribution in [1.82, 2.24) is 4.57 Å². The lowest BCUT2D eigenvalue weighted by Crippen LogP contribution is -2.07. The maximum absolute atomic E-state index is 12.0. The lowest BCUT2D eigenvalue weighted by atomic mass is 10.1. The van der Waals surface area contributed by atoms with Gasteiger partial charge < -0.3 is 14.4 Å². The molecule has 0 fully saturated rings. The summed E-state index contributed by atoms with van der Waals surface area (Å²) < 4.78 is 7.17. The van der Waals surface area contributed by atoms with E-state index in [1.165, 1.54) is 0 Å². The quantitative estimate of drug-likeness (QED) is 0.515. The normalized spacial score (nSPS) is 11.6. The van der Waals surface area contributed by atoms with Gasteiger partial charge in [-0.1, -0.05) is 43.6 Å². The molecule has 0 radical (unpaired) electrons. The van der Waals surface area contributed by atoms with Gasteiger partial charge in [0.2, 0.25) is 5.88 Å². The highest BCUT2D eigenvalue weighted by Gasteiger charge is 2.16. The summed E-state index contributed by atoms with van der Waals surface area (Å²) in [7, 11) is 0. The number of hydrogen-bond donors (Lipinski definition) is 1. The number of hydrogen-bond acceptors (Lipinski definition) is 4. The molecule has 146 valence electrons. The van der Waals surface area contributed by atoms with E-state index in [2.05, 4.69) is 24.1 Å². The van der Waals surface area contributed by atoms with E-state index >= 15 is 0 Å². The molecule has 1 N–H and O–H groups in total. The number of ether oxygens (including phenoxy) is 1. The Morgan fingerprint density at radius 3 is 2.61 bits per heavy atom. The van der Waals surface area contributed by atoms with Crippen LogP contribution in [0.1, 0.15) is 20.3 Å². The molecular weight excluding hydrogens is 378 g/mol. The Morgan fingerprint density at radius 2 is 1.89 bits per heavy atom. The molecule has 0 aliphatic rings. The van der Waals surface area contributed by atoms with Crippen molar-refractivity contribution in [3.8, 4) is 11.6 Å². The van der Waals surface area contributed by atoms with Crippen LogP contribution in [0, 0.1) is 5.92 Å². The average Bonchev–Trinajstić information content (AvgIpc) is 2.95. The maximum Gasteiger partial charge on any atom is 0.302 e. The molecule has 2 aromatic carbocycles. The summed E-state index contributed by atoms with van der Waals surface area (Å²) in [6.45, 7) is 4.66. The summed E-state index contributed by atoms with van der Waals surface area (Å²) in [6.07, 6.45) is 0.913. The third-order valence-electron chi connectivity index (χ3n) is 4.28. The van der Waals surface area contributed by atoms with E-state index in [-0.39, 0.29) is 12.5 Å². The number of halogens is 1. The molecule has 0 spiro atoms. The molecule has 3 aromatic rings. The summed E-state index contributed by atoms with van der Waals surface area (Å²) >= 11 is 5.81. The second-order valence-electron chi connectivity index (χ2n) is 6.86. The minimum absolute atomic E-state index is 0.0111. The van der Waals surface area contributed by atoms with Crippen molar-refractivity contribution in [3.63, 3.8) is 0 Å². The first-order chi connectivity index (χ1) is 13.5. The Labute approximate surface area is 168 Å². The van der Waals surface area contributed by atoms with Gasteiger partial charge in [0, 0.05) is 17.0 Å². The molecule has 1 aromatic heterocycles. The maximum atomic E-state index is 12.0. The highest BCUT2D eigenvalue weighted by molar-refractivity contribution is 6.30. The second-order valence-corrected chi connectivity index (χ2v) is 7.30. The largest absolute Gasteiger partial charge is 0.493 e. The summed E-state index contributed by atoms with van der Waals surface area (Å²) in [5.41, 5.74) is 1.15. The molecule has 0 aliphatic heterocycles. The molecule has 0 aliphatic carbocycles. The van der Waals surface area contributed by atoms with E-state index in [9.17, 15) is 9.90 Å². The molecule has 28 heavy (non-hydrogen) atoms. The van der Waals surface area contributed by atoms with E-state index in [4.69, 9.17) is 16.3 Å². The zero-order valence-electron chi connectivity index (χ0n) is 15.8. The van der Waals surface area contributed by atoms with Gasteiger partial charge in [-0.05, 0) is 42.7 Å². The Morgan fingerprint density at radius 1 is 1.18 bits per heavy atom. The lowest BCUT2D eigenvalue weighted by Gasteiger charge is -2.08. The molecule has 1 amide bonds. The molecular formula is C21H22ClN3O3. The third-order valence-corrected chi connectivity index (χ3v) is 4.54. The van der Waals surface area contributed by atoms with Gasteiger partial charge in [0.15, 0.2) is 12.3 Å². The first-order valence-corrected chi connectivity index (χ1v) is 9.46. The SMILES string of the molecule is CC(C)CCn1c(O)c(N=NC(=O)COc2ccc(Cl)cc2)c2ccccc21. The van der Waals surface area contributed by atoms with Crippen LogP contribution in [0.3, 0.4) is 0 Å². The van der Waals surface area contributed by atoms with Crippen LogP contribution < -0.4 is 4.74 Å². The van der Waals surface area contributed by atoms with Crippen LogP contribution in [0.2, 0.25) is 5.02 Å². The summed E-state index contributed by atoms with van der Waals surface area (Å²) in [4.78, 5) is 12.0. The molecule has 0 saturated carbocycles. The fourth-order valence-electron chi connectivity index (χ4n) is 2.79. The zero-order chi connectivity index (χ0) is 20.1. The van der Waals surface area contributed by atoms with Gasteiger partial charge in [0.25, 0.3) is 0 Å². The number of aromatic hydroxyl groups is 1. The van der Waals surface area contributed by atoms with Crippen molar-refractivity contribution in [2.75, 3.05) is 6.61 Å². The van der Waals surface area contributed by atoms with Gasteiger partial charge in [-0.25, -0.2) is 0 Å². The Bertz CT molecular complexity index is 994. The summed E-state index contributed by atoms with van der Waals surface area (Å²) in [6, 6.07) is 14.2. The van der Waals surface area contributed by atoms with E-state index in [1.807, 2.05) is 24.3 Å². The minimum Gasteiger partial charge on any atom is -0.493 e. The predicted octanol–water partition coefficient (Wildman–Crippen LogP) is 5.74. The molecule has 3 rings (SSSR count). The summed E-state index contributed by atoms with van der Waals surface area (Å²) in [5.74, 6) is 0.476. The van der Waals surface area contributed by atoms with Crippen molar-refractivity contribution >= 4 is 34.1 Å². The van der Waals surface area contributed by atoms with Crippen LogP contribution in [0.25, 0.3) is 10.9 Å². The van der Waals surface area contributed by atoms with Crippen molar-refractivity contribution in [3.05, 3.63) is 53.6 Å². The molecule has 1 heterocycles. The number of amides is 1. The van der Waals surface area contributed by atoms with Crippen LogP contribution >= 0.6 is 11.6 Å². The van der Waals surface area contributed by atoms with Gasteiger partial charge in [0.1, 0.15) is 5.75 Å². The highest BCUT2D eigenvalue weighted by atomic mass is 35.5. The van der Waals surface area contributed by atoms with Crippen LogP contribution in [0.15, 0.2) is 58.8 Å². The molecule has 6 nitrogen and oxygen atoms in total. The van der Waals surface area contributed by atoms with Crippen molar-refractivity contribution in [2.45, 2.75) is 26.8 Å². The number of azo groups is 1. The number of aryl methyl sites for hydroxylation is 1. The standard InChI is InChI=1S/C21H22ClN3O3/c1-14(2)11-12-25-18-6-4-3-5-17(18)20(21(25)27)24-23-19(26)13-28-16-9-7-15(22)8-10-16/h3-10,14,27H,11-13H2,1-2H3. The average molecular weight is 400 g/mol. The van der Waals surface area contributed by atoms with Crippen molar-refractivity contribution in [1.29, 1.82) is 0 Å². The van der Waals surface area contributed by atoms with Gasteiger partial charge in [0.05, 0.1) is 5.52 Å². The number of rotatable bonds is 7. The smallest absolute Gasteiger partial charge is 0.302 e. The van der Waals surface area contributed by atoms with Crippen molar-refractivity contribution < 1.29 is 14.6 Å². The monoisotopic (exact) mass is 399 g/mol. The van der Waals surface area contributed by atoms with E-state index < -0.39 is 5.91 Å². The van der Waals surface area contributed by atoms with Crippen molar-refractivity contribution in [2.24, 2.45) is 16.1 Å². The number of aromatic nitrogens is 1. The number of nitrogens with zero attached hydrogens (tertiary/aromatic N) is 3. The number of fused-ring (bicyclic) bond motifs is 1. The number of benzene rings is 2. The van der Waals surface area contributed by atoms with Gasteiger partial charge in [-0.3, -0.25) is 4.79 Å². The first-order valence-electron chi connectivity index (χ1n) is 9.09. The van der Waals surface area contributed by atoms with E-state index in [1.54, 1.807) is 28.8 Å². The first kappa shape index (κ1) is 19.9. The lowest BCUT2D eigenvalue weighted by molar-refractivity contribution is -0.120. The number of para-hydroxylation sites is 1. The predicted molar refractivity (Wildman–Crippen MR) is 110 cm³/mol. The Kier molecular flexibility index (Phi) is 6.31. The zero-order valence-corrected chi connectivity index (χ0v) is 16.6. The Hall–Kier alpha value is -2.86.